The van der Waals surface area contributed by atoms with E-state index in [2.05, 4.69) is 4.98 Å². The molecule has 0 saturated heterocycles. The standard InChI is InChI=1S/C11H12F2.C10H7F2N.2CH4/c12-11(13)10-6-5-8-3-1-2-4-9(8)7-10;11-10(12)8-4-3-7-2-1-5-13-9(7)6-8;;/h5-7,11H,1-4H2;1-6,10H;2*1H4. The number of benzene rings is 2. The van der Waals surface area contributed by atoms with E-state index in [1.165, 1.54) is 24.1 Å². The summed E-state index contributed by atoms with van der Waals surface area (Å²) < 4.78 is 49.2. The lowest BCUT2D eigenvalue weighted by molar-refractivity contribution is 0.151. The molecular formula is C23H27F4N. The molecule has 0 fully saturated rings. The summed E-state index contributed by atoms with van der Waals surface area (Å²) in [5.41, 5.74) is 3.19. The summed E-state index contributed by atoms with van der Waals surface area (Å²) in [7, 11) is 0. The Hall–Kier alpha value is -2.43. The number of aromatic nitrogens is 1. The first-order valence-electron chi connectivity index (χ1n) is 8.57. The van der Waals surface area contributed by atoms with E-state index >= 15 is 0 Å². The van der Waals surface area contributed by atoms with E-state index in [0.29, 0.717) is 5.52 Å². The molecule has 4 rings (SSSR count). The topological polar surface area (TPSA) is 12.9 Å². The molecule has 0 spiro atoms. The minimum atomic E-state index is -2.42. The summed E-state index contributed by atoms with van der Waals surface area (Å²) in [6, 6.07) is 13.2. The van der Waals surface area contributed by atoms with Crippen LogP contribution in [0.1, 0.15) is 62.8 Å². The first-order chi connectivity index (χ1) is 12.5. The molecule has 1 aromatic heterocycles. The zero-order chi connectivity index (χ0) is 18.5. The highest BCUT2D eigenvalue weighted by atomic mass is 19.3. The minimum absolute atomic E-state index is 0. The van der Waals surface area contributed by atoms with Gasteiger partial charge in [-0.3, -0.25) is 4.98 Å². The van der Waals surface area contributed by atoms with Gasteiger partial charge in [-0.15, -0.1) is 0 Å². The van der Waals surface area contributed by atoms with Gasteiger partial charge in [-0.25, -0.2) is 17.6 Å². The molecule has 28 heavy (non-hydrogen) atoms. The van der Waals surface area contributed by atoms with E-state index in [-0.39, 0.29) is 26.0 Å². The lowest BCUT2D eigenvalue weighted by atomic mass is 9.90. The monoisotopic (exact) mass is 393 g/mol. The Kier molecular flexibility index (Phi) is 9.10. The summed E-state index contributed by atoms with van der Waals surface area (Å²) in [4.78, 5) is 3.99. The molecule has 1 aliphatic carbocycles. The predicted molar refractivity (Wildman–Crippen MR) is 108 cm³/mol. The van der Waals surface area contributed by atoms with E-state index < -0.39 is 12.9 Å². The van der Waals surface area contributed by atoms with Gasteiger partial charge in [-0.1, -0.05) is 45.2 Å². The lowest BCUT2D eigenvalue weighted by Gasteiger charge is -2.16. The van der Waals surface area contributed by atoms with Gasteiger partial charge >= 0.3 is 0 Å². The lowest BCUT2D eigenvalue weighted by Crippen LogP contribution is -2.03. The summed E-state index contributed by atoms with van der Waals surface area (Å²) in [5.74, 6) is 0. The Bertz CT molecular complexity index is 877. The van der Waals surface area contributed by atoms with Gasteiger partial charge in [-0.2, -0.15) is 0 Å². The maximum absolute atomic E-state index is 12.3. The summed E-state index contributed by atoms with van der Waals surface area (Å²) in [6.45, 7) is 0. The second kappa shape index (κ2) is 10.8. The molecule has 1 nitrogen and oxygen atoms in total. The Morgan fingerprint density at radius 1 is 0.714 bits per heavy atom. The summed E-state index contributed by atoms with van der Waals surface area (Å²) in [5, 5.41) is 0.881. The Balaban J connectivity index is 0.000000261. The van der Waals surface area contributed by atoms with E-state index in [1.807, 2.05) is 12.1 Å². The molecule has 1 aliphatic rings. The fraction of sp³-hybridized carbons (Fsp3) is 0.348. The third-order valence-corrected chi connectivity index (χ3v) is 4.51. The highest BCUT2D eigenvalue weighted by Gasteiger charge is 2.13. The highest BCUT2D eigenvalue weighted by molar-refractivity contribution is 5.78. The van der Waals surface area contributed by atoms with Crippen LogP contribution in [0, 0.1) is 0 Å². The van der Waals surface area contributed by atoms with Crippen LogP contribution in [0.15, 0.2) is 54.7 Å². The van der Waals surface area contributed by atoms with Crippen LogP contribution in [0.3, 0.4) is 0 Å². The van der Waals surface area contributed by atoms with Crippen molar-refractivity contribution in [3.63, 3.8) is 0 Å². The third-order valence-electron chi connectivity index (χ3n) is 4.51. The molecular weight excluding hydrogens is 366 g/mol. The Morgan fingerprint density at radius 3 is 2.00 bits per heavy atom. The van der Waals surface area contributed by atoms with Gasteiger partial charge in [-0.05, 0) is 55.0 Å². The first kappa shape index (κ1) is 23.6. The van der Waals surface area contributed by atoms with Crippen LogP contribution >= 0.6 is 0 Å². The van der Waals surface area contributed by atoms with Gasteiger partial charge in [0.15, 0.2) is 0 Å². The molecule has 0 amide bonds. The van der Waals surface area contributed by atoms with E-state index in [4.69, 9.17) is 0 Å². The number of aryl methyl sites for hydroxylation is 2. The SMILES string of the molecule is C.C.FC(F)c1ccc2c(c1)CCCC2.FC(F)c1ccc2cccnc2c1. The summed E-state index contributed by atoms with van der Waals surface area (Å²) in [6.07, 6.45) is 1.20. The highest BCUT2D eigenvalue weighted by Crippen LogP contribution is 2.26. The van der Waals surface area contributed by atoms with Crippen molar-refractivity contribution in [1.29, 1.82) is 0 Å². The number of fused-ring (bicyclic) bond motifs is 2. The predicted octanol–water partition coefficient (Wildman–Crippen LogP) is 7.95. The Labute approximate surface area is 164 Å². The van der Waals surface area contributed by atoms with E-state index in [9.17, 15) is 17.6 Å². The molecule has 3 aromatic rings. The quantitative estimate of drug-likeness (QED) is 0.403. The van der Waals surface area contributed by atoms with Crippen molar-refractivity contribution in [3.8, 4) is 0 Å². The molecule has 5 heteroatoms. The van der Waals surface area contributed by atoms with Gasteiger partial charge in [0.05, 0.1) is 5.52 Å². The fourth-order valence-corrected chi connectivity index (χ4v) is 3.11. The number of pyridine rings is 1. The van der Waals surface area contributed by atoms with Crippen molar-refractivity contribution in [2.24, 2.45) is 0 Å². The molecule has 0 radical (unpaired) electrons. The molecule has 0 unspecified atom stereocenters. The van der Waals surface area contributed by atoms with Crippen LogP contribution in [0.4, 0.5) is 17.6 Å². The van der Waals surface area contributed by atoms with Crippen LogP contribution < -0.4 is 0 Å². The van der Waals surface area contributed by atoms with Crippen LogP contribution in [-0.4, -0.2) is 4.98 Å². The van der Waals surface area contributed by atoms with Gasteiger partial charge in [0, 0.05) is 22.7 Å². The fourth-order valence-electron chi connectivity index (χ4n) is 3.11. The smallest absolute Gasteiger partial charge is 0.256 e. The molecule has 2 aromatic carbocycles. The van der Waals surface area contributed by atoms with Crippen molar-refractivity contribution >= 4 is 10.9 Å². The average Bonchev–Trinajstić information content (AvgIpc) is 2.67. The number of hydrogen-bond donors (Lipinski definition) is 0. The molecule has 152 valence electrons. The van der Waals surface area contributed by atoms with E-state index in [1.54, 1.807) is 30.5 Å². The molecule has 0 saturated carbocycles. The van der Waals surface area contributed by atoms with Gasteiger partial charge in [0.1, 0.15) is 0 Å². The number of halogens is 4. The van der Waals surface area contributed by atoms with Crippen LogP contribution in [0.2, 0.25) is 0 Å². The van der Waals surface area contributed by atoms with Crippen molar-refractivity contribution < 1.29 is 17.6 Å². The Morgan fingerprint density at radius 2 is 1.32 bits per heavy atom. The molecule has 0 N–H and O–H groups in total. The van der Waals surface area contributed by atoms with Crippen LogP contribution in [-0.2, 0) is 12.8 Å². The van der Waals surface area contributed by atoms with Crippen molar-refractivity contribution in [3.05, 3.63) is 77.0 Å². The minimum Gasteiger partial charge on any atom is -0.256 e. The maximum atomic E-state index is 12.3. The van der Waals surface area contributed by atoms with Crippen LogP contribution in [0.25, 0.3) is 10.9 Å². The second-order valence-electron chi connectivity index (χ2n) is 6.29. The van der Waals surface area contributed by atoms with Crippen molar-refractivity contribution in [2.45, 2.75) is 53.4 Å². The number of rotatable bonds is 2. The van der Waals surface area contributed by atoms with Crippen LogP contribution in [0.5, 0.6) is 0 Å². The second-order valence-corrected chi connectivity index (χ2v) is 6.29. The normalized spacial score (nSPS) is 12.5. The van der Waals surface area contributed by atoms with E-state index in [0.717, 1.165) is 30.2 Å². The molecule has 1 heterocycles. The molecule has 0 atom stereocenters. The van der Waals surface area contributed by atoms with Gasteiger partial charge in [0.25, 0.3) is 12.9 Å². The number of nitrogens with zero attached hydrogens (tertiary/aromatic N) is 1. The largest absolute Gasteiger partial charge is 0.263 e. The van der Waals surface area contributed by atoms with Crippen molar-refractivity contribution in [1.82, 2.24) is 4.98 Å². The van der Waals surface area contributed by atoms with Crippen molar-refractivity contribution in [2.75, 3.05) is 0 Å². The zero-order valence-electron chi connectivity index (χ0n) is 14.1. The van der Waals surface area contributed by atoms with Gasteiger partial charge < -0.3 is 0 Å². The van der Waals surface area contributed by atoms with Gasteiger partial charge in [0.2, 0.25) is 0 Å². The average molecular weight is 393 g/mol. The molecule has 0 bridgehead atoms. The number of alkyl halides is 4. The summed E-state index contributed by atoms with van der Waals surface area (Å²) >= 11 is 0. The third kappa shape index (κ3) is 5.78. The maximum Gasteiger partial charge on any atom is 0.263 e. The molecule has 0 aliphatic heterocycles. The number of hydrogen-bond acceptors (Lipinski definition) is 1. The first-order valence-corrected chi connectivity index (χ1v) is 8.57. The zero-order valence-corrected chi connectivity index (χ0v) is 14.1.